The topological polar surface area (TPSA) is 125 Å². The van der Waals surface area contributed by atoms with Crippen molar-refractivity contribution in [2.75, 3.05) is 5.32 Å². The SMILES string of the molecule is O=C(Nc1cc(Oc2ccccc2)cc([N+](=O)[O-])c1)c1nc2nc(-c3ccccc3)cc(C(F)(F)F)n2n1. The number of nitro benzene ring substituents is 1. The lowest BCUT2D eigenvalue weighted by Crippen LogP contribution is -2.16. The van der Waals surface area contributed by atoms with Crippen LogP contribution in [0.15, 0.2) is 84.9 Å². The highest BCUT2D eigenvalue weighted by Gasteiger charge is 2.36. The molecule has 38 heavy (non-hydrogen) atoms. The second-order valence-electron chi connectivity index (χ2n) is 7.88. The van der Waals surface area contributed by atoms with Crippen molar-refractivity contribution >= 4 is 23.1 Å². The molecule has 0 saturated carbocycles. The van der Waals surface area contributed by atoms with Crippen LogP contribution in [0, 0.1) is 10.1 Å². The predicted octanol–water partition coefficient (Wildman–Crippen LogP) is 5.76. The van der Waals surface area contributed by atoms with Crippen LogP contribution in [0.3, 0.4) is 0 Å². The summed E-state index contributed by atoms with van der Waals surface area (Å²) in [5, 5.41) is 17.5. The van der Waals surface area contributed by atoms with Crippen molar-refractivity contribution in [2.45, 2.75) is 6.18 Å². The molecule has 10 nitrogen and oxygen atoms in total. The Morgan fingerprint density at radius 1 is 0.921 bits per heavy atom. The van der Waals surface area contributed by atoms with Gasteiger partial charge < -0.3 is 10.1 Å². The number of carbonyl (C=O) groups is 1. The molecule has 0 unspecified atom stereocenters. The van der Waals surface area contributed by atoms with Gasteiger partial charge in [-0.2, -0.15) is 22.7 Å². The zero-order valence-corrected chi connectivity index (χ0v) is 19.1. The Kier molecular flexibility index (Phi) is 6.16. The van der Waals surface area contributed by atoms with Crippen LogP contribution >= 0.6 is 0 Å². The van der Waals surface area contributed by atoms with E-state index in [9.17, 15) is 28.1 Å². The van der Waals surface area contributed by atoms with Gasteiger partial charge in [-0.1, -0.05) is 48.5 Å². The number of alkyl halides is 3. The molecule has 0 saturated heterocycles. The van der Waals surface area contributed by atoms with Crippen molar-refractivity contribution in [3.8, 4) is 22.8 Å². The van der Waals surface area contributed by atoms with E-state index in [1.165, 1.54) is 6.07 Å². The maximum absolute atomic E-state index is 13.8. The zero-order chi connectivity index (χ0) is 26.9. The number of nitrogens with one attached hydrogen (secondary N) is 1. The molecule has 5 rings (SSSR count). The van der Waals surface area contributed by atoms with Gasteiger partial charge in [0.2, 0.25) is 5.82 Å². The number of nitro groups is 1. The number of aromatic nitrogens is 4. The van der Waals surface area contributed by atoms with Crippen molar-refractivity contribution in [3.63, 3.8) is 0 Å². The van der Waals surface area contributed by atoms with Crippen LogP contribution in [0.5, 0.6) is 11.5 Å². The Hall–Kier alpha value is -5.33. The van der Waals surface area contributed by atoms with Crippen LogP contribution < -0.4 is 10.1 Å². The number of carbonyl (C=O) groups excluding carboxylic acids is 1. The summed E-state index contributed by atoms with van der Waals surface area (Å²) in [6, 6.07) is 21.0. The van der Waals surface area contributed by atoms with Crippen LogP contribution in [-0.2, 0) is 6.18 Å². The van der Waals surface area contributed by atoms with E-state index in [4.69, 9.17) is 4.74 Å². The molecule has 5 aromatic rings. The fourth-order valence-corrected chi connectivity index (χ4v) is 3.55. The molecule has 0 aliphatic rings. The van der Waals surface area contributed by atoms with Crippen LogP contribution in [0.1, 0.15) is 16.3 Å². The Morgan fingerprint density at radius 3 is 2.26 bits per heavy atom. The molecule has 0 spiro atoms. The Morgan fingerprint density at radius 2 is 1.61 bits per heavy atom. The van der Waals surface area contributed by atoms with Gasteiger partial charge in [0, 0.05) is 17.7 Å². The third-order valence-corrected chi connectivity index (χ3v) is 5.21. The number of benzene rings is 3. The molecule has 0 aliphatic carbocycles. The second-order valence-corrected chi connectivity index (χ2v) is 7.88. The summed E-state index contributed by atoms with van der Waals surface area (Å²) in [6.07, 6.45) is -4.82. The normalized spacial score (nSPS) is 11.3. The minimum atomic E-state index is -4.82. The van der Waals surface area contributed by atoms with Crippen molar-refractivity contribution in [2.24, 2.45) is 0 Å². The standard InChI is InChI=1S/C25H15F3N6O4/c26-25(27,28)21-14-20(15-7-3-1-4-8-15)30-24-31-22(32-33(21)24)23(35)29-16-11-17(34(36)37)13-19(12-16)38-18-9-5-2-6-10-18/h1-14H,(H,29,35). The third kappa shape index (κ3) is 5.11. The van der Waals surface area contributed by atoms with Crippen LogP contribution in [0.2, 0.25) is 0 Å². The quantitative estimate of drug-likeness (QED) is 0.223. The molecule has 2 aromatic heterocycles. The smallest absolute Gasteiger partial charge is 0.433 e. The lowest BCUT2D eigenvalue weighted by atomic mass is 10.1. The van der Waals surface area contributed by atoms with Gasteiger partial charge in [-0.15, -0.1) is 5.10 Å². The number of halogens is 3. The molecule has 1 N–H and O–H groups in total. The summed E-state index contributed by atoms with van der Waals surface area (Å²) in [4.78, 5) is 31.6. The number of para-hydroxylation sites is 1. The minimum absolute atomic E-state index is 0.00818. The molecule has 0 aliphatic heterocycles. The van der Waals surface area contributed by atoms with Gasteiger partial charge in [0.1, 0.15) is 11.5 Å². The van der Waals surface area contributed by atoms with Crippen LogP contribution in [0.25, 0.3) is 17.0 Å². The molecule has 0 fully saturated rings. The highest BCUT2D eigenvalue weighted by atomic mass is 19.4. The van der Waals surface area contributed by atoms with Crippen molar-refractivity contribution in [3.05, 3.63) is 107 Å². The molecule has 2 heterocycles. The first-order chi connectivity index (χ1) is 18.2. The molecule has 0 atom stereocenters. The maximum Gasteiger partial charge on any atom is 0.433 e. The van der Waals surface area contributed by atoms with E-state index in [1.54, 1.807) is 60.7 Å². The highest BCUT2D eigenvalue weighted by molar-refractivity contribution is 6.02. The third-order valence-electron chi connectivity index (χ3n) is 5.21. The average Bonchev–Trinajstić information content (AvgIpc) is 3.33. The van der Waals surface area contributed by atoms with Gasteiger partial charge in [-0.3, -0.25) is 14.9 Å². The van der Waals surface area contributed by atoms with Crippen LogP contribution in [-0.4, -0.2) is 30.4 Å². The first-order valence-electron chi connectivity index (χ1n) is 10.9. The Balaban J connectivity index is 1.50. The van der Waals surface area contributed by atoms with E-state index in [1.807, 2.05) is 0 Å². The molecule has 1 amide bonds. The molecular weight excluding hydrogens is 505 g/mol. The van der Waals surface area contributed by atoms with Gasteiger partial charge in [0.05, 0.1) is 22.4 Å². The van der Waals surface area contributed by atoms with Gasteiger partial charge in [0.15, 0.2) is 5.69 Å². The van der Waals surface area contributed by atoms with Crippen LogP contribution in [0.4, 0.5) is 24.5 Å². The molecule has 3 aromatic carbocycles. The molecule has 0 radical (unpaired) electrons. The summed E-state index contributed by atoms with van der Waals surface area (Å²) in [5.41, 5.74) is -1.21. The number of ether oxygens (including phenoxy) is 1. The van der Waals surface area contributed by atoms with E-state index in [2.05, 4.69) is 20.4 Å². The lowest BCUT2D eigenvalue weighted by molar-refractivity contribution is -0.384. The number of nitrogens with zero attached hydrogens (tertiary/aromatic N) is 5. The van der Waals surface area contributed by atoms with Crippen molar-refractivity contribution < 1.29 is 27.6 Å². The summed E-state index contributed by atoms with van der Waals surface area (Å²) in [7, 11) is 0. The van der Waals surface area contributed by atoms with Gasteiger partial charge in [-0.05, 0) is 18.2 Å². The highest BCUT2D eigenvalue weighted by Crippen LogP contribution is 2.32. The van der Waals surface area contributed by atoms with Gasteiger partial charge in [-0.25, -0.2) is 4.98 Å². The fraction of sp³-hybridized carbons (Fsp3) is 0.0400. The average molecular weight is 520 g/mol. The fourth-order valence-electron chi connectivity index (χ4n) is 3.55. The first kappa shape index (κ1) is 24.4. The Labute approximate surface area is 211 Å². The monoisotopic (exact) mass is 520 g/mol. The maximum atomic E-state index is 13.8. The minimum Gasteiger partial charge on any atom is -0.457 e. The second kappa shape index (κ2) is 9.61. The lowest BCUT2D eigenvalue weighted by Gasteiger charge is -2.10. The molecule has 0 bridgehead atoms. The Bertz CT molecular complexity index is 1660. The number of fused-ring (bicyclic) bond motifs is 1. The molecule has 190 valence electrons. The van der Waals surface area contributed by atoms with Gasteiger partial charge >= 0.3 is 6.18 Å². The van der Waals surface area contributed by atoms with Crippen molar-refractivity contribution in [1.29, 1.82) is 0 Å². The van der Waals surface area contributed by atoms with E-state index in [-0.39, 0.29) is 22.8 Å². The van der Waals surface area contributed by atoms with E-state index >= 15 is 0 Å². The first-order valence-corrected chi connectivity index (χ1v) is 10.9. The van der Waals surface area contributed by atoms with Gasteiger partial charge in [0.25, 0.3) is 17.4 Å². The van der Waals surface area contributed by atoms with E-state index < -0.39 is 34.3 Å². The predicted molar refractivity (Wildman–Crippen MR) is 129 cm³/mol. The number of amides is 1. The number of hydrogen-bond acceptors (Lipinski definition) is 7. The number of anilines is 1. The number of hydrogen-bond donors (Lipinski definition) is 1. The largest absolute Gasteiger partial charge is 0.457 e. The summed E-state index contributed by atoms with van der Waals surface area (Å²) >= 11 is 0. The van der Waals surface area contributed by atoms with E-state index in [0.717, 1.165) is 18.2 Å². The van der Waals surface area contributed by atoms with Crippen molar-refractivity contribution in [1.82, 2.24) is 19.6 Å². The summed E-state index contributed by atoms with van der Waals surface area (Å²) < 4.78 is 47.5. The zero-order valence-electron chi connectivity index (χ0n) is 19.1. The number of non-ortho nitro benzene ring substituents is 1. The van der Waals surface area contributed by atoms with E-state index in [0.29, 0.717) is 15.8 Å². The summed E-state index contributed by atoms with van der Waals surface area (Å²) in [6.45, 7) is 0. The number of rotatable bonds is 6. The summed E-state index contributed by atoms with van der Waals surface area (Å²) in [5.74, 6) is -1.62. The molecule has 13 heteroatoms. The molecular formula is C25H15F3N6O4.